The lowest BCUT2D eigenvalue weighted by atomic mass is 10.1. The highest BCUT2D eigenvalue weighted by Crippen LogP contribution is 2.12. The minimum Gasteiger partial charge on any atom is -0.364 e. The van der Waals surface area contributed by atoms with Crippen LogP contribution in [0.2, 0.25) is 0 Å². The Morgan fingerprint density at radius 3 is 3.20 bits per heavy atom. The van der Waals surface area contributed by atoms with Gasteiger partial charge in [-0.1, -0.05) is 5.16 Å². The molecule has 2 heterocycles. The quantitative estimate of drug-likeness (QED) is 0.796. The van der Waals surface area contributed by atoms with E-state index in [1.54, 1.807) is 6.26 Å². The first-order chi connectivity index (χ1) is 7.16. The van der Waals surface area contributed by atoms with Gasteiger partial charge in [-0.05, 0) is 33.4 Å². The molecule has 0 radical (unpaired) electrons. The fourth-order valence-electron chi connectivity index (χ4n) is 2.11. The second-order valence-electron chi connectivity index (χ2n) is 4.87. The van der Waals surface area contributed by atoms with Gasteiger partial charge in [0.05, 0.1) is 5.69 Å². The van der Waals surface area contributed by atoms with Gasteiger partial charge in [0, 0.05) is 24.7 Å². The zero-order valence-corrected chi connectivity index (χ0v) is 9.49. The molecule has 15 heavy (non-hydrogen) atoms. The lowest BCUT2D eigenvalue weighted by Crippen LogP contribution is -2.46. The highest BCUT2D eigenvalue weighted by atomic mass is 16.5. The van der Waals surface area contributed by atoms with Crippen LogP contribution in [0.15, 0.2) is 16.9 Å². The smallest absolute Gasteiger partial charge is 0.124 e. The number of nitrogens with one attached hydrogen (secondary N) is 1. The average molecular weight is 209 g/mol. The van der Waals surface area contributed by atoms with Gasteiger partial charge < -0.3 is 9.84 Å². The lowest BCUT2D eigenvalue weighted by molar-refractivity contribution is 0.218. The van der Waals surface area contributed by atoms with Gasteiger partial charge in [0.2, 0.25) is 0 Å². The predicted octanol–water partition coefficient (Wildman–Crippen LogP) is 1.25. The van der Waals surface area contributed by atoms with Crippen LogP contribution in [0.25, 0.3) is 0 Å². The van der Waals surface area contributed by atoms with Crippen molar-refractivity contribution in [1.82, 2.24) is 15.4 Å². The summed E-state index contributed by atoms with van der Waals surface area (Å²) in [6, 6.07) is 1.94. The number of hydrogen-bond acceptors (Lipinski definition) is 4. The predicted molar refractivity (Wildman–Crippen MR) is 58.5 cm³/mol. The third kappa shape index (κ3) is 3.04. The molecule has 0 bridgehead atoms. The second kappa shape index (κ2) is 4.33. The first kappa shape index (κ1) is 10.6. The monoisotopic (exact) mass is 209 g/mol. The lowest BCUT2D eigenvalue weighted by Gasteiger charge is -2.29. The van der Waals surface area contributed by atoms with Crippen LogP contribution in [0.3, 0.4) is 0 Å². The standard InChI is InChI=1S/C11H19N3O/c1-11(2)9-14(6-3-5-12-11)8-10-4-7-15-13-10/h4,7,12H,3,5-6,8-9H2,1-2H3. The van der Waals surface area contributed by atoms with E-state index < -0.39 is 0 Å². The van der Waals surface area contributed by atoms with E-state index in [0.29, 0.717) is 0 Å². The Labute approximate surface area is 90.6 Å². The summed E-state index contributed by atoms with van der Waals surface area (Å²) in [5, 5.41) is 7.50. The van der Waals surface area contributed by atoms with E-state index in [9.17, 15) is 0 Å². The van der Waals surface area contributed by atoms with E-state index in [1.165, 1.54) is 6.42 Å². The number of nitrogens with zero attached hydrogens (tertiary/aromatic N) is 2. The minimum absolute atomic E-state index is 0.195. The van der Waals surface area contributed by atoms with Gasteiger partial charge in [0.15, 0.2) is 0 Å². The van der Waals surface area contributed by atoms with E-state index >= 15 is 0 Å². The van der Waals surface area contributed by atoms with Crippen LogP contribution in [0.5, 0.6) is 0 Å². The summed E-state index contributed by atoms with van der Waals surface area (Å²) < 4.78 is 4.85. The van der Waals surface area contributed by atoms with Gasteiger partial charge in [-0.3, -0.25) is 4.90 Å². The molecule has 0 saturated carbocycles. The normalized spacial score (nSPS) is 22.5. The molecule has 0 atom stereocenters. The molecule has 2 rings (SSSR count). The first-order valence-electron chi connectivity index (χ1n) is 5.52. The molecule has 0 unspecified atom stereocenters. The Bertz CT molecular complexity index is 295. The maximum Gasteiger partial charge on any atom is 0.124 e. The molecule has 1 aliphatic heterocycles. The molecule has 0 amide bonds. The highest BCUT2D eigenvalue weighted by molar-refractivity contribution is 4.96. The summed E-state index contributed by atoms with van der Waals surface area (Å²) >= 11 is 0. The van der Waals surface area contributed by atoms with Crippen molar-refractivity contribution in [3.8, 4) is 0 Å². The number of rotatable bonds is 2. The van der Waals surface area contributed by atoms with Crippen LogP contribution in [-0.2, 0) is 6.54 Å². The molecule has 1 saturated heterocycles. The minimum atomic E-state index is 0.195. The Kier molecular flexibility index (Phi) is 3.07. The Morgan fingerprint density at radius 1 is 1.60 bits per heavy atom. The Hall–Kier alpha value is -0.870. The van der Waals surface area contributed by atoms with Crippen molar-refractivity contribution in [2.45, 2.75) is 32.4 Å². The SMILES string of the molecule is CC1(C)CN(Cc2ccon2)CCCN1. The molecule has 1 N–H and O–H groups in total. The van der Waals surface area contributed by atoms with Crippen molar-refractivity contribution in [3.05, 3.63) is 18.0 Å². The fourth-order valence-corrected chi connectivity index (χ4v) is 2.11. The molecule has 4 nitrogen and oxygen atoms in total. The van der Waals surface area contributed by atoms with Gasteiger partial charge in [0.25, 0.3) is 0 Å². The van der Waals surface area contributed by atoms with Crippen LogP contribution < -0.4 is 5.32 Å². The van der Waals surface area contributed by atoms with Gasteiger partial charge >= 0.3 is 0 Å². The third-order valence-electron chi connectivity index (χ3n) is 2.75. The first-order valence-corrected chi connectivity index (χ1v) is 5.52. The van der Waals surface area contributed by atoms with E-state index in [1.807, 2.05) is 6.07 Å². The van der Waals surface area contributed by atoms with Crippen LogP contribution in [0.1, 0.15) is 26.0 Å². The van der Waals surface area contributed by atoms with Crippen molar-refractivity contribution in [3.63, 3.8) is 0 Å². The molecular formula is C11H19N3O. The van der Waals surface area contributed by atoms with Crippen molar-refractivity contribution in [1.29, 1.82) is 0 Å². The van der Waals surface area contributed by atoms with Gasteiger partial charge in [-0.25, -0.2) is 0 Å². The highest BCUT2D eigenvalue weighted by Gasteiger charge is 2.24. The van der Waals surface area contributed by atoms with E-state index in [-0.39, 0.29) is 5.54 Å². The zero-order valence-electron chi connectivity index (χ0n) is 9.49. The van der Waals surface area contributed by atoms with Gasteiger partial charge in [-0.15, -0.1) is 0 Å². The number of aromatic nitrogens is 1. The summed E-state index contributed by atoms with van der Waals surface area (Å²) in [5.41, 5.74) is 1.22. The largest absolute Gasteiger partial charge is 0.364 e. The van der Waals surface area contributed by atoms with E-state index in [0.717, 1.165) is 31.9 Å². The third-order valence-corrected chi connectivity index (χ3v) is 2.75. The molecular weight excluding hydrogens is 190 g/mol. The van der Waals surface area contributed by atoms with Crippen molar-refractivity contribution >= 4 is 0 Å². The molecule has 1 aliphatic rings. The fraction of sp³-hybridized carbons (Fsp3) is 0.727. The molecule has 1 fully saturated rings. The second-order valence-corrected chi connectivity index (χ2v) is 4.87. The maximum atomic E-state index is 4.85. The summed E-state index contributed by atoms with van der Waals surface area (Å²) in [6.07, 6.45) is 2.83. The Morgan fingerprint density at radius 2 is 2.47 bits per heavy atom. The van der Waals surface area contributed by atoms with Crippen molar-refractivity contribution in [2.75, 3.05) is 19.6 Å². The van der Waals surface area contributed by atoms with E-state index in [4.69, 9.17) is 4.52 Å². The maximum absolute atomic E-state index is 4.85. The van der Waals surface area contributed by atoms with E-state index in [2.05, 4.69) is 29.2 Å². The van der Waals surface area contributed by atoms with Crippen LogP contribution in [0, 0.1) is 0 Å². The average Bonchev–Trinajstić information content (AvgIpc) is 2.58. The van der Waals surface area contributed by atoms with Crippen molar-refractivity contribution in [2.24, 2.45) is 0 Å². The molecule has 0 spiro atoms. The molecule has 1 aromatic heterocycles. The molecule has 0 aromatic carbocycles. The van der Waals surface area contributed by atoms with Crippen LogP contribution in [-0.4, -0.2) is 35.2 Å². The molecule has 1 aromatic rings. The zero-order chi connectivity index (χ0) is 10.7. The summed E-state index contributed by atoms with van der Waals surface area (Å²) in [5.74, 6) is 0. The van der Waals surface area contributed by atoms with Gasteiger partial charge in [-0.2, -0.15) is 0 Å². The molecule has 84 valence electrons. The molecule has 0 aliphatic carbocycles. The van der Waals surface area contributed by atoms with Crippen LogP contribution >= 0.6 is 0 Å². The van der Waals surface area contributed by atoms with Crippen molar-refractivity contribution < 1.29 is 4.52 Å². The summed E-state index contributed by atoms with van der Waals surface area (Å²) in [7, 11) is 0. The summed E-state index contributed by atoms with van der Waals surface area (Å²) in [6.45, 7) is 8.66. The topological polar surface area (TPSA) is 41.3 Å². The Balaban J connectivity index is 1.96. The molecule has 4 heteroatoms. The number of hydrogen-bond donors (Lipinski definition) is 1. The van der Waals surface area contributed by atoms with Crippen LogP contribution in [0.4, 0.5) is 0 Å². The summed E-state index contributed by atoms with van der Waals surface area (Å²) in [4.78, 5) is 2.43. The van der Waals surface area contributed by atoms with Gasteiger partial charge in [0.1, 0.15) is 6.26 Å².